The second kappa shape index (κ2) is 38.6. The summed E-state index contributed by atoms with van der Waals surface area (Å²) in [6.07, 6.45) is -0.720. The number of fused-ring (bicyclic) bond motifs is 2. The molecule has 2 aliphatic heterocycles. The molecule has 12 amide bonds. The van der Waals surface area contributed by atoms with E-state index in [1.165, 1.54) is 4.90 Å². The van der Waals surface area contributed by atoms with Crippen molar-refractivity contribution in [2.45, 2.75) is 165 Å². The third kappa shape index (κ3) is 24.0. The Labute approximate surface area is 597 Å². The van der Waals surface area contributed by atoms with Crippen molar-refractivity contribution in [1.82, 2.24) is 63.1 Å². The minimum atomic E-state index is -1.97. The van der Waals surface area contributed by atoms with Crippen molar-refractivity contribution >= 4 is 116 Å². The van der Waals surface area contributed by atoms with Gasteiger partial charge in [0, 0.05) is 92.2 Å². The summed E-state index contributed by atoms with van der Waals surface area (Å²) in [5.41, 5.74) is 28.3. The second-order valence-electron chi connectivity index (χ2n) is 25.7. The van der Waals surface area contributed by atoms with E-state index in [1.54, 1.807) is 92.8 Å². The molecule has 5 aromatic rings. The number of carbonyl (C=O) groups is 13. The molecule has 33 nitrogen and oxygen atoms in total. The highest BCUT2D eigenvalue weighted by molar-refractivity contribution is 6.30. The first kappa shape index (κ1) is 79.1. The molecule has 3 heterocycles. The number of carboxylic acid groups (broad SMARTS) is 1. The van der Waals surface area contributed by atoms with Crippen molar-refractivity contribution in [1.29, 1.82) is 0 Å². The van der Waals surface area contributed by atoms with Gasteiger partial charge in [0.25, 0.3) is 0 Å². The minimum absolute atomic E-state index is 0.0208. The molecule has 2 saturated heterocycles. The number of nitrogens with two attached hydrogens (primary N) is 3. The predicted molar refractivity (Wildman–Crippen MR) is 379 cm³/mol. The van der Waals surface area contributed by atoms with E-state index in [4.69, 9.17) is 28.8 Å². The van der Waals surface area contributed by atoms with Gasteiger partial charge in [-0.15, -0.1) is 0 Å². The van der Waals surface area contributed by atoms with Gasteiger partial charge < -0.3 is 85.4 Å². The van der Waals surface area contributed by atoms with E-state index in [0.717, 1.165) is 17.7 Å². The van der Waals surface area contributed by atoms with Crippen LogP contribution in [0.5, 0.6) is 0 Å². The molecular weight excluding hydrogens is 1350 g/mol. The maximum Gasteiger partial charge on any atom is 0.327 e. The summed E-state index contributed by atoms with van der Waals surface area (Å²) in [6, 6.07) is 10.8. The fourth-order valence-electron chi connectivity index (χ4n) is 12.1. The molecule has 0 spiro atoms. The van der Waals surface area contributed by atoms with E-state index in [9.17, 15) is 58.6 Å². The van der Waals surface area contributed by atoms with Crippen LogP contribution in [0.15, 0.2) is 107 Å². The third-order valence-corrected chi connectivity index (χ3v) is 17.6. The number of para-hydroxylation sites is 1. The topological polar surface area (TPSA) is 521 Å². The number of carboxylic acids is 1. The van der Waals surface area contributed by atoms with E-state index >= 15 is 14.4 Å². The quantitative estimate of drug-likeness (QED) is 0.00892. The van der Waals surface area contributed by atoms with Crippen LogP contribution in [0, 0.1) is 5.92 Å². The molecule has 2 aliphatic rings. The number of aromatic nitrogens is 1. The summed E-state index contributed by atoms with van der Waals surface area (Å²) in [7, 11) is 0. The first-order chi connectivity index (χ1) is 49.2. The van der Waals surface area contributed by atoms with Gasteiger partial charge in [0.2, 0.25) is 70.9 Å². The SMILES string of the molecule is CC(=O)N[C@H]1CCC(=O)NCCC[C@@H](C(=O)N[C@H](Cc2ccc3ccccc3c2)C(=O)N[C@@H](CC(C)C)C(=O)N[C@@H](CCCN=C(N)N)C(=O)N2CCC[C@H]2C(=O)N[C@@H](CN)C(=O)O)NC(=O)[C@H](CC(=O)N=[N+]=[N-])NC(=O)[C@@H](Cc2c[nH]c3ccccc23)NC(=O)[C@@H](Cc2ccc(Cl)cc2)NC1=O. The summed E-state index contributed by atoms with van der Waals surface area (Å²) in [5, 5.41) is 41.7. The zero-order valence-corrected chi connectivity index (χ0v) is 58.0. The number of aliphatic imine (C=N–C) groups is 1. The van der Waals surface area contributed by atoms with Crippen LogP contribution >= 0.6 is 11.6 Å². The molecule has 0 radical (unpaired) electrons. The fourth-order valence-corrected chi connectivity index (χ4v) is 12.2. The molecule has 18 N–H and O–H groups in total. The Bertz CT molecular complexity index is 4010. The number of aromatic amines is 1. The average molecular weight is 1440 g/mol. The molecule has 1 aromatic heterocycles. The largest absolute Gasteiger partial charge is 0.480 e. The van der Waals surface area contributed by atoms with Crippen LogP contribution in [0.2, 0.25) is 5.02 Å². The van der Waals surface area contributed by atoms with Crippen LogP contribution in [0.4, 0.5) is 0 Å². The number of rotatable bonds is 26. The average Bonchev–Trinajstić information content (AvgIpc) is 1.82. The number of guanidine groups is 1. The fraction of sp³-hybridized carbons (Fsp3) is 0.449. The first-order valence-electron chi connectivity index (χ1n) is 33.8. The van der Waals surface area contributed by atoms with E-state index in [1.807, 2.05) is 18.2 Å². The van der Waals surface area contributed by atoms with Gasteiger partial charge in [-0.25, -0.2) is 4.79 Å². The number of amides is 12. The number of likely N-dealkylation sites (tertiary alicyclic amines) is 1. The lowest BCUT2D eigenvalue weighted by atomic mass is 9.98. The monoisotopic (exact) mass is 1440 g/mol. The summed E-state index contributed by atoms with van der Waals surface area (Å²) >= 11 is 6.20. The molecule has 0 aliphatic carbocycles. The molecule has 103 heavy (non-hydrogen) atoms. The van der Waals surface area contributed by atoms with Crippen molar-refractivity contribution in [3.63, 3.8) is 0 Å². The first-order valence-corrected chi connectivity index (χ1v) is 34.2. The number of H-pyrrole nitrogens is 1. The predicted octanol–water partition coefficient (Wildman–Crippen LogP) is 0.437. The number of nitrogens with zero attached hydrogens (tertiary/aromatic N) is 5. The van der Waals surface area contributed by atoms with Gasteiger partial charge in [0.05, 0.1) is 0 Å². The molecule has 2 fully saturated rings. The van der Waals surface area contributed by atoms with E-state index in [2.05, 4.69) is 73.2 Å². The van der Waals surface area contributed by atoms with Crippen molar-refractivity contribution in [2.75, 3.05) is 26.2 Å². The van der Waals surface area contributed by atoms with Gasteiger partial charge in [-0.05, 0) is 114 Å². The molecule has 34 heteroatoms. The number of hydrogen-bond acceptors (Lipinski definition) is 15. The Morgan fingerprint density at radius 2 is 1.36 bits per heavy atom. The van der Waals surface area contributed by atoms with Gasteiger partial charge in [0.1, 0.15) is 60.4 Å². The molecule has 10 atom stereocenters. The Kier molecular flexibility index (Phi) is 29.6. The number of benzene rings is 4. The molecule has 550 valence electrons. The highest BCUT2D eigenvalue weighted by Crippen LogP contribution is 2.24. The van der Waals surface area contributed by atoms with Crippen molar-refractivity contribution in [3.8, 4) is 0 Å². The van der Waals surface area contributed by atoms with Gasteiger partial charge in [-0.2, -0.15) is 0 Å². The number of halogens is 1. The zero-order chi connectivity index (χ0) is 74.9. The van der Waals surface area contributed by atoms with Crippen LogP contribution in [0.1, 0.15) is 102 Å². The van der Waals surface area contributed by atoms with Gasteiger partial charge in [-0.1, -0.05) is 98.2 Å². The maximum absolute atomic E-state index is 15.3. The lowest BCUT2D eigenvalue weighted by Crippen LogP contribution is -2.61. The standard InChI is InChI=1S/C69H88ClN19O14/c1-37(2)29-50(61(95)80-49(16-9-27-76-69(72)73)67(101)89-28-10-17-56(89)66(100)86-55(35-71)68(102)103)81-63(97)52(32-40-18-21-41-11-4-5-12-42(41)30-40)83-59(93)47-15-8-26-75-57(91)25-24-48(78-38(3)90)60(94)82-51(31-39-19-22-44(70)23-20-39)62(96)84-53(33-43-36-77-46-14-7-6-13-45(43)46)64(98)85-54(65(99)79-47)34-58(92)87-88-74/h4-7,11-14,18-23,30,36-37,47-56,77H,8-10,15-17,24-29,31-35,71H2,1-3H3,(H,75,91)(H,78,90)(H,79,99)(H,80,95)(H,81,97)(H,82,94)(H,83,93)(H,84,96)(H,85,98)(H,86,100)(H,102,103)(H4,72,73,76)/t47-,48-,49-,50-,51+,52+,53+,54-,55-,56-/m0/s1. The number of carbonyl (C=O) groups excluding carboxylic acids is 12. The van der Waals surface area contributed by atoms with Crippen LogP contribution < -0.4 is 70.4 Å². The zero-order valence-electron chi connectivity index (χ0n) is 57.2. The number of aliphatic carboxylic acids is 1. The van der Waals surface area contributed by atoms with E-state index < -0.39 is 150 Å². The maximum atomic E-state index is 15.3. The number of azide groups is 1. The molecule has 0 unspecified atom stereocenters. The highest BCUT2D eigenvalue weighted by Gasteiger charge is 2.41. The molecule has 0 bridgehead atoms. The van der Waals surface area contributed by atoms with Gasteiger partial charge in [-0.3, -0.25) is 62.5 Å². The molecular formula is C69H88ClN19O14. The summed E-state index contributed by atoms with van der Waals surface area (Å²) in [6.45, 7) is 4.15. The third-order valence-electron chi connectivity index (χ3n) is 17.3. The molecule has 4 aromatic carbocycles. The minimum Gasteiger partial charge on any atom is -0.480 e. The van der Waals surface area contributed by atoms with Crippen LogP contribution in [-0.4, -0.2) is 184 Å². The van der Waals surface area contributed by atoms with Gasteiger partial charge >= 0.3 is 5.97 Å². The van der Waals surface area contributed by atoms with E-state index in [-0.39, 0.29) is 102 Å². The Morgan fingerprint density at radius 1 is 0.718 bits per heavy atom. The second-order valence-corrected chi connectivity index (χ2v) is 26.1. The molecule has 7 rings (SSSR count). The number of hydrogen-bond donors (Lipinski definition) is 15. The van der Waals surface area contributed by atoms with Crippen molar-refractivity contribution < 1.29 is 67.4 Å². The number of nitrogens with one attached hydrogen (secondary N) is 11. The Hall–Kier alpha value is -11.2. The van der Waals surface area contributed by atoms with Crippen LogP contribution in [0.25, 0.3) is 32.1 Å². The lowest BCUT2D eigenvalue weighted by Gasteiger charge is -2.31. The Morgan fingerprint density at radius 3 is 2.05 bits per heavy atom. The Balaban J connectivity index is 1.24. The summed E-state index contributed by atoms with van der Waals surface area (Å²) in [5.74, 6) is -12.8. The highest BCUT2D eigenvalue weighted by atomic mass is 35.5. The molecule has 0 saturated carbocycles. The van der Waals surface area contributed by atoms with Gasteiger partial charge in [0.15, 0.2) is 5.96 Å². The summed E-state index contributed by atoms with van der Waals surface area (Å²) in [4.78, 5) is 195. The smallest absolute Gasteiger partial charge is 0.327 e. The van der Waals surface area contributed by atoms with E-state index in [0.29, 0.717) is 39.0 Å². The van der Waals surface area contributed by atoms with Crippen molar-refractivity contribution in [2.24, 2.45) is 33.2 Å². The summed E-state index contributed by atoms with van der Waals surface area (Å²) < 4.78 is 0. The van der Waals surface area contributed by atoms with Crippen LogP contribution in [0.3, 0.4) is 0 Å². The lowest BCUT2D eigenvalue weighted by molar-refractivity contribution is -0.145. The van der Waals surface area contributed by atoms with Crippen LogP contribution in [-0.2, 0) is 81.6 Å². The normalized spacial score (nSPS) is 19.8. The van der Waals surface area contributed by atoms with Crippen molar-refractivity contribution in [3.05, 3.63) is 129 Å².